The zero-order valence-corrected chi connectivity index (χ0v) is 7.88. The largest absolute Gasteiger partial charge is 0.444 e. The SMILES string of the molecule is NCc1cnc(Cc2cccs2)o1. The van der Waals surface area contributed by atoms with Crippen LogP contribution in [0.15, 0.2) is 28.1 Å². The third kappa shape index (κ3) is 1.96. The van der Waals surface area contributed by atoms with E-state index in [1.165, 1.54) is 4.88 Å². The van der Waals surface area contributed by atoms with Gasteiger partial charge in [0.15, 0.2) is 5.89 Å². The average molecular weight is 194 g/mol. The summed E-state index contributed by atoms with van der Waals surface area (Å²) in [4.78, 5) is 5.38. The minimum Gasteiger partial charge on any atom is -0.444 e. The highest BCUT2D eigenvalue weighted by Crippen LogP contribution is 2.14. The molecule has 2 aromatic heterocycles. The summed E-state index contributed by atoms with van der Waals surface area (Å²) in [7, 11) is 0. The summed E-state index contributed by atoms with van der Waals surface area (Å²) in [6.07, 6.45) is 2.45. The van der Waals surface area contributed by atoms with Crippen molar-refractivity contribution in [1.29, 1.82) is 0 Å². The predicted octanol–water partition coefficient (Wildman–Crippen LogP) is 1.79. The van der Waals surface area contributed by atoms with Gasteiger partial charge in [-0.1, -0.05) is 6.07 Å². The Hall–Kier alpha value is -1.13. The minimum atomic E-state index is 0.414. The lowest BCUT2D eigenvalue weighted by molar-refractivity contribution is 0.466. The van der Waals surface area contributed by atoms with Crippen molar-refractivity contribution in [3.63, 3.8) is 0 Å². The van der Waals surface area contributed by atoms with Gasteiger partial charge in [0.05, 0.1) is 19.2 Å². The molecule has 68 valence electrons. The Bertz CT molecular complexity index is 367. The molecule has 0 radical (unpaired) electrons. The fourth-order valence-electron chi connectivity index (χ4n) is 1.09. The first-order chi connectivity index (χ1) is 6.38. The summed E-state index contributed by atoms with van der Waals surface area (Å²) in [5.41, 5.74) is 5.41. The number of hydrogen-bond acceptors (Lipinski definition) is 4. The highest BCUT2D eigenvalue weighted by molar-refractivity contribution is 7.09. The zero-order chi connectivity index (χ0) is 9.10. The van der Waals surface area contributed by atoms with Crippen molar-refractivity contribution in [3.05, 3.63) is 40.2 Å². The minimum absolute atomic E-state index is 0.414. The number of thiophene rings is 1. The second kappa shape index (κ2) is 3.72. The first-order valence-corrected chi connectivity index (χ1v) is 4.92. The van der Waals surface area contributed by atoms with Crippen LogP contribution in [0.25, 0.3) is 0 Å². The highest BCUT2D eigenvalue weighted by atomic mass is 32.1. The van der Waals surface area contributed by atoms with Gasteiger partial charge in [-0.05, 0) is 11.4 Å². The molecule has 13 heavy (non-hydrogen) atoms. The van der Waals surface area contributed by atoms with Crippen molar-refractivity contribution in [1.82, 2.24) is 4.98 Å². The summed E-state index contributed by atoms with van der Waals surface area (Å²) in [5.74, 6) is 1.48. The van der Waals surface area contributed by atoms with Crippen LogP contribution in [-0.4, -0.2) is 4.98 Å². The van der Waals surface area contributed by atoms with Gasteiger partial charge in [-0.2, -0.15) is 0 Å². The van der Waals surface area contributed by atoms with Gasteiger partial charge >= 0.3 is 0 Å². The van der Waals surface area contributed by atoms with E-state index in [1.807, 2.05) is 11.4 Å². The fraction of sp³-hybridized carbons (Fsp3) is 0.222. The molecule has 0 atom stereocenters. The van der Waals surface area contributed by atoms with Crippen LogP contribution in [0.3, 0.4) is 0 Å². The number of aromatic nitrogens is 1. The van der Waals surface area contributed by atoms with Gasteiger partial charge in [0.25, 0.3) is 0 Å². The van der Waals surface area contributed by atoms with E-state index >= 15 is 0 Å². The van der Waals surface area contributed by atoms with Gasteiger partial charge in [-0.25, -0.2) is 4.98 Å². The average Bonchev–Trinajstić information content (AvgIpc) is 2.76. The Morgan fingerprint density at radius 3 is 3.08 bits per heavy atom. The molecular weight excluding hydrogens is 184 g/mol. The molecule has 3 nitrogen and oxygen atoms in total. The Balaban J connectivity index is 2.10. The molecule has 0 fully saturated rings. The van der Waals surface area contributed by atoms with Gasteiger partial charge in [0.1, 0.15) is 5.76 Å². The van der Waals surface area contributed by atoms with Crippen LogP contribution < -0.4 is 5.73 Å². The van der Waals surface area contributed by atoms with E-state index in [0.717, 1.165) is 18.1 Å². The molecule has 0 aliphatic rings. The number of oxazole rings is 1. The monoisotopic (exact) mass is 194 g/mol. The molecule has 0 saturated heterocycles. The number of nitrogens with two attached hydrogens (primary N) is 1. The van der Waals surface area contributed by atoms with Crippen molar-refractivity contribution in [2.24, 2.45) is 5.73 Å². The molecule has 0 amide bonds. The molecule has 2 heterocycles. The van der Waals surface area contributed by atoms with E-state index in [2.05, 4.69) is 11.1 Å². The van der Waals surface area contributed by atoms with Gasteiger partial charge < -0.3 is 10.2 Å². The number of rotatable bonds is 3. The van der Waals surface area contributed by atoms with Crippen LogP contribution in [0.1, 0.15) is 16.5 Å². The Kier molecular flexibility index (Phi) is 2.42. The molecule has 0 unspecified atom stereocenters. The van der Waals surface area contributed by atoms with Gasteiger partial charge in [-0.3, -0.25) is 0 Å². The van der Waals surface area contributed by atoms with Crippen molar-refractivity contribution in [2.45, 2.75) is 13.0 Å². The molecular formula is C9H10N2OS. The maximum atomic E-state index is 5.41. The molecule has 2 aromatic rings. The van der Waals surface area contributed by atoms with E-state index in [1.54, 1.807) is 17.5 Å². The molecule has 0 aromatic carbocycles. The Morgan fingerprint density at radius 2 is 2.46 bits per heavy atom. The Labute approximate surface area is 80.2 Å². The Morgan fingerprint density at radius 1 is 1.54 bits per heavy atom. The van der Waals surface area contributed by atoms with Crippen LogP contribution in [-0.2, 0) is 13.0 Å². The summed E-state index contributed by atoms with van der Waals surface area (Å²) in [6.45, 7) is 0.414. The molecule has 0 bridgehead atoms. The second-order valence-corrected chi connectivity index (χ2v) is 3.71. The molecule has 0 spiro atoms. The maximum Gasteiger partial charge on any atom is 0.199 e. The molecule has 0 aliphatic heterocycles. The summed E-state index contributed by atoms with van der Waals surface area (Å²) >= 11 is 1.70. The van der Waals surface area contributed by atoms with Crippen molar-refractivity contribution in [3.8, 4) is 0 Å². The topological polar surface area (TPSA) is 52.0 Å². The maximum absolute atomic E-state index is 5.41. The lowest BCUT2D eigenvalue weighted by Crippen LogP contribution is -1.92. The highest BCUT2D eigenvalue weighted by Gasteiger charge is 2.03. The predicted molar refractivity (Wildman–Crippen MR) is 51.5 cm³/mol. The molecule has 0 aliphatic carbocycles. The number of hydrogen-bond donors (Lipinski definition) is 1. The molecule has 4 heteroatoms. The second-order valence-electron chi connectivity index (χ2n) is 2.68. The number of nitrogens with zero attached hydrogens (tertiary/aromatic N) is 1. The van der Waals surface area contributed by atoms with E-state index in [4.69, 9.17) is 10.2 Å². The first kappa shape index (κ1) is 8.47. The normalized spacial score (nSPS) is 10.5. The summed E-state index contributed by atoms with van der Waals surface area (Å²) in [6, 6.07) is 4.09. The molecule has 2 rings (SSSR count). The van der Waals surface area contributed by atoms with Crippen molar-refractivity contribution in [2.75, 3.05) is 0 Å². The van der Waals surface area contributed by atoms with E-state index in [-0.39, 0.29) is 0 Å². The standard InChI is InChI=1S/C9H10N2OS/c10-5-7-6-11-9(12-7)4-8-2-1-3-13-8/h1-3,6H,4-5,10H2. The smallest absolute Gasteiger partial charge is 0.199 e. The zero-order valence-electron chi connectivity index (χ0n) is 7.06. The lowest BCUT2D eigenvalue weighted by atomic mass is 10.3. The van der Waals surface area contributed by atoms with E-state index in [0.29, 0.717) is 6.54 Å². The van der Waals surface area contributed by atoms with Crippen molar-refractivity contribution >= 4 is 11.3 Å². The third-order valence-corrected chi connectivity index (χ3v) is 2.58. The first-order valence-electron chi connectivity index (χ1n) is 4.04. The van der Waals surface area contributed by atoms with Crippen LogP contribution in [0.4, 0.5) is 0 Å². The van der Waals surface area contributed by atoms with Crippen LogP contribution in [0, 0.1) is 0 Å². The van der Waals surface area contributed by atoms with Gasteiger partial charge in [0, 0.05) is 4.88 Å². The van der Waals surface area contributed by atoms with Crippen LogP contribution in [0.5, 0.6) is 0 Å². The van der Waals surface area contributed by atoms with E-state index < -0.39 is 0 Å². The lowest BCUT2D eigenvalue weighted by Gasteiger charge is -1.90. The third-order valence-electron chi connectivity index (χ3n) is 1.71. The van der Waals surface area contributed by atoms with Crippen LogP contribution in [0.2, 0.25) is 0 Å². The summed E-state index contributed by atoms with van der Waals surface area (Å²) < 4.78 is 5.38. The van der Waals surface area contributed by atoms with Gasteiger partial charge in [-0.15, -0.1) is 11.3 Å². The van der Waals surface area contributed by atoms with E-state index in [9.17, 15) is 0 Å². The van der Waals surface area contributed by atoms with Crippen molar-refractivity contribution < 1.29 is 4.42 Å². The molecule has 0 saturated carbocycles. The van der Waals surface area contributed by atoms with Crippen LogP contribution >= 0.6 is 11.3 Å². The van der Waals surface area contributed by atoms with Gasteiger partial charge in [0.2, 0.25) is 0 Å². The quantitative estimate of drug-likeness (QED) is 0.810. The molecule has 2 N–H and O–H groups in total. The fourth-order valence-corrected chi connectivity index (χ4v) is 1.78. The summed E-state index contributed by atoms with van der Waals surface area (Å²) in [5, 5.41) is 2.04.